The van der Waals surface area contributed by atoms with Crippen LogP contribution in [0.1, 0.15) is 32.6 Å². The van der Waals surface area contributed by atoms with Gasteiger partial charge in [0, 0.05) is 12.0 Å². The number of amides is 1. The Morgan fingerprint density at radius 3 is 3.00 bits per heavy atom. The number of ether oxygens (including phenoxy) is 1. The average Bonchev–Trinajstić information content (AvgIpc) is 2.04. The Morgan fingerprint density at radius 2 is 2.17 bits per heavy atom. The molecule has 3 atom stereocenters. The highest BCUT2D eigenvalue weighted by molar-refractivity contribution is 5.68. The van der Waals surface area contributed by atoms with E-state index in [0.717, 1.165) is 6.42 Å². The molecule has 1 amide bonds. The van der Waals surface area contributed by atoms with E-state index in [1.165, 1.54) is 19.3 Å². The summed E-state index contributed by atoms with van der Waals surface area (Å²) in [5, 5.41) is 2.89. The first-order valence-electron chi connectivity index (χ1n) is 4.74. The van der Waals surface area contributed by atoms with Gasteiger partial charge in [0.15, 0.2) is 0 Å². The van der Waals surface area contributed by atoms with E-state index >= 15 is 0 Å². The molecule has 0 aromatic rings. The number of hydrogen-bond acceptors (Lipinski definition) is 2. The van der Waals surface area contributed by atoms with Crippen molar-refractivity contribution in [2.75, 3.05) is 0 Å². The summed E-state index contributed by atoms with van der Waals surface area (Å²) in [5.41, 5.74) is 0. The van der Waals surface area contributed by atoms with Crippen molar-refractivity contribution in [3.8, 4) is 0 Å². The maximum absolute atomic E-state index is 11.0. The van der Waals surface area contributed by atoms with Gasteiger partial charge in [0.2, 0.25) is 0 Å². The van der Waals surface area contributed by atoms with E-state index in [2.05, 4.69) is 5.32 Å². The third kappa shape index (κ3) is 1.28. The molecule has 1 saturated carbocycles. The van der Waals surface area contributed by atoms with Crippen molar-refractivity contribution in [1.82, 2.24) is 5.32 Å². The maximum atomic E-state index is 11.0. The summed E-state index contributed by atoms with van der Waals surface area (Å²) < 4.78 is 5.11. The molecule has 2 aliphatic rings. The molecule has 0 aromatic carbocycles. The van der Waals surface area contributed by atoms with Crippen LogP contribution in [-0.2, 0) is 4.74 Å². The van der Waals surface area contributed by atoms with Crippen LogP contribution in [0.5, 0.6) is 0 Å². The van der Waals surface area contributed by atoms with Crippen LogP contribution in [0, 0.1) is 5.92 Å². The molecule has 1 aliphatic heterocycles. The van der Waals surface area contributed by atoms with Crippen LogP contribution in [0.15, 0.2) is 0 Å². The number of carbonyl (C=O) groups excluding carboxylic acids is 1. The molecular weight excluding hydrogens is 154 g/mol. The molecule has 1 N–H and O–H groups in total. The monoisotopic (exact) mass is 169 g/mol. The molecule has 3 heteroatoms. The molecule has 12 heavy (non-hydrogen) atoms. The van der Waals surface area contributed by atoms with Gasteiger partial charge in [-0.05, 0) is 19.8 Å². The number of cyclic esters (lactones) is 1. The molecule has 3 unspecified atom stereocenters. The number of hydrogen-bond donors (Lipinski definition) is 1. The van der Waals surface area contributed by atoms with Crippen molar-refractivity contribution in [2.24, 2.45) is 5.92 Å². The summed E-state index contributed by atoms with van der Waals surface area (Å²) in [6, 6.07) is 0.384. The fraction of sp³-hybridized carbons (Fsp3) is 0.889. The van der Waals surface area contributed by atoms with Gasteiger partial charge in [0.1, 0.15) is 6.10 Å². The van der Waals surface area contributed by atoms with Crippen molar-refractivity contribution in [3.05, 3.63) is 0 Å². The fourth-order valence-electron chi connectivity index (χ4n) is 2.34. The highest BCUT2D eigenvalue weighted by Crippen LogP contribution is 2.30. The zero-order valence-corrected chi connectivity index (χ0v) is 7.38. The normalized spacial score (nSPS) is 41.1. The van der Waals surface area contributed by atoms with Gasteiger partial charge in [0.05, 0.1) is 0 Å². The number of fused-ring (bicyclic) bond motifs is 1. The molecule has 0 spiro atoms. The van der Waals surface area contributed by atoms with E-state index in [-0.39, 0.29) is 12.2 Å². The standard InChI is InChI=1S/C9H15NO2/c1-6-7-4-2-3-5-8(7)10-9(11)12-6/h6-8H,2-5H2,1H3,(H,10,11). The summed E-state index contributed by atoms with van der Waals surface area (Å²) in [4.78, 5) is 11.0. The first kappa shape index (κ1) is 7.90. The van der Waals surface area contributed by atoms with Crippen LogP contribution in [0.2, 0.25) is 0 Å². The fourth-order valence-corrected chi connectivity index (χ4v) is 2.34. The quantitative estimate of drug-likeness (QED) is 0.599. The molecule has 1 saturated heterocycles. The van der Waals surface area contributed by atoms with E-state index in [1.807, 2.05) is 6.92 Å². The van der Waals surface area contributed by atoms with Crippen LogP contribution >= 0.6 is 0 Å². The van der Waals surface area contributed by atoms with Crippen LogP contribution in [0.4, 0.5) is 4.79 Å². The summed E-state index contributed by atoms with van der Waals surface area (Å²) in [6.45, 7) is 2.00. The van der Waals surface area contributed by atoms with Crippen molar-refractivity contribution in [3.63, 3.8) is 0 Å². The van der Waals surface area contributed by atoms with Crippen LogP contribution in [0.25, 0.3) is 0 Å². The first-order valence-corrected chi connectivity index (χ1v) is 4.74. The van der Waals surface area contributed by atoms with E-state index in [4.69, 9.17) is 4.74 Å². The zero-order valence-electron chi connectivity index (χ0n) is 7.38. The molecule has 1 aliphatic carbocycles. The summed E-state index contributed by atoms with van der Waals surface area (Å²) in [7, 11) is 0. The molecule has 68 valence electrons. The average molecular weight is 169 g/mol. The Morgan fingerprint density at radius 1 is 1.42 bits per heavy atom. The van der Waals surface area contributed by atoms with Crippen LogP contribution in [0.3, 0.4) is 0 Å². The van der Waals surface area contributed by atoms with Crippen molar-refractivity contribution in [2.45, 2.75) is 44.8 Å². The van der Waals surface area contributed by atoms with E-state index in [9.17, 15) is 4.79 Å². The van der Waals surface area contributed by atoms with Gasteiger partial charge in [-0.25, -0.2) is 4.79 Å². The highest BCUT2D eigenvalue weighted by Gasteiger charge is 2.36. The largest absolute Gasteiger partial charge is 0.446 e. The van der Waals surface area contributed by atoms with E-state index in [0.29, 0.717) is 12.0 Å². The Bertz CT molecular complexity index is 193. The van der Waals surface area contributed by atoms with Gasteiger partial charge in [-0.2, -0.15) is 0 Å². The Labute approximate surface area is 72.5 Å². The van der Waals surface area contributed by atoms with Crippen molar-refractivity contribution >= 4 is 6.09 Å². The molecule has 1 heterocycles. The topological polar surface area (TPSA) is 38.3 Å². The van der Waals surface area contributed by atoms with Crippen LogP contribution < -0.4 is 5.32 Å². The second kappa shape index (κ2) is 2.96. The minimum absolute atomic E-state index is 0.115. The minimum atomic E-state index is -0.231. The highest BCUT2D eigenvalue weighted by atomic mass is 16.6. The van der Waals surface area contributed by atoms with Gasteiger partial charge < -0.3 is 10.1 Å². The van der Waals surface area contributed by atoms with Gasteiger partial charge in [-0.3, -0.25) is 0 Å². The number of nitrogens with one attached hydrogen (secondary N) is 1. The van der Waals surface area contributed by atoms with Gasteiger partial charge in [0.25, 0.3) is 0 Å². The lowest BCUT2D eigenvalue weighted by molar-refractivity contribution is 0.0114. The van der Waals surface area contributed by atoms with Crippen molar-refractivity contribution in [1.29, 1.82) is 0 Å². The number of carbonyl (C=O) groups is 1. The predicted octanol–water partition coefficient (Wildman–Crippen LogP) is 1.67. The van der Waals surface area contributed by atoms with E-state index < -0.39 is 0 Å². The molecule has 2 rings (SSSR count). The lowest BCUT2D eigenvalue weighted by atomic mass is 9.81. The summed E-state index contributed by atoms with van der Waals surface area (Å²) >= 11 is 0. The Hall–Kier alpha value is -0.730. The Balaban J connectivity index is 2.06. The molecule has 3 nitrogen and oxygen atoms in total. The first-order chi connectivity index (χ1) is 5.77. The summed E-state index contributed by atoms with van der Waals surface area (Å²) in [5.74, 6) is 0.552. The zero-order chi connectivity index (χ0) is 8.55. The number of rotatable bonds is 0. The SMILES string of the molecule is CC1OC(=O)NC2CCCCC21. The molecule has 0 aromatic heterocycles. The lowest BCUT2D eigenvalue weighted by Crippen LogP contribution is -2.52. The molecule has 2 fully saturated rings. The van der Waals surface area contributed by atoms with Gasteiger partial charge in [-0.15, -0.1) is 0 Å². The lowest BCUT2D eigenvalue weighted by Gasteiger charge is -2.39. The van der Waals surface area contributed by atoms with Crippen LogP contribution in [-0.4, -0.2) is 18.2 Å². The molecule has 0 radical (unpaired) electrons. The smallest absolute Gasteiger partial charge is 0.407 e. The van der Waals surface area contributed by atoms with Gasteiger partial charge in [-0.1, -0.05) is 12.8 Å². The minimum Gasteiger partial charge on any atom is -0.446 e. The van der Waals surface area contributed by atoms with Gasteiger partial charge >= 0.3 is 6.09 Å². The summed E-state index contributed by atoms with van der Waals surface area (Å²) in [6.07, 6.45) is 4.74. The molecule has 0 bridgehead atoms. The second-order valence-electron chi connectivity index (χ2n) is 3.81. The predicted molar refractivity (Wildman–Crippen MR) is 44.8 cm³/mol. The third-order valence-corrected chi connectivity index (χ3v) is 3.02. The van der Waals surface area contributed by atoms with Crippen molar-refractivity contribution < 1.29 is 9.53 Å². The second-order valence-corrected chi connectivity index (χ2v) is 3.81. The maximum Gasteiger partial charge on any atom is 0.407 e. The molecular formula is C9H15NO2. The third-order valence-electron chi connectivity index (χ3n) is 3.02. The number of alkyl carbamates (subject to hydrolysis) is 1. The Kier molecular flexibility index (Phi) is 1.95. The van der Waals surface area contributed by atoms with E-state index in [1.54, 1.807) is 0 Å².